The lowest BCUT2D eigenvalue weighted by Gasteiger charge is -2.26. The van der Waals surface area contributed by atoms with Crippen LogP contribution in [-0.4, -0.2) is 49.1 Å². The Kier molecular flexibility index (Phi) is 5.05. The van der Waals surface area contributed by atoms with Gasteiger partial charge in [-0.25, -0.2) is 0 Å². The number of amides is 1. The van der Waals surface area contributed by atoms with Gasteiger partial charge >= 0.3 is 0 Å². The summed E-state index contributed by atoms with van der Waals surface area (Å²) in [5.74, 6) is 0.138. The number of hydrogen-bond donors (Lipinski definition) is 2. The lowest BCUT2D eigenvalue weighted by molar-refractivity contribution is -0.123. The Hall–Kier alpha value is -0.610. The first-order valence-electron chi connectivity index (χ1n) is 5.87. The van der Waals surface area contributed by atoms with E-state index >= 15 is 0 Å². The van der Waals surface area contributed by atoms with Crippen molar-refractivity contribution in [1.82, 2.24) is 15.5 Å². The van der Waals surface area contributed by atoms with E-state index in [2.05, 4.69) is 22.5 Å². The normalized spacial score (nSPS) is 21.3. The molecular formula is C11H23N3O. The monoisotopic (exact) mass is 213 g/mol. The molecule has 1 fully saturated rings. The second-order valence-corrected chi connectivity index (χ2v) is 4.43. The predicted molar refractivity (Wildman–Crippen MR) is 61.8 cm³/mol. The molecule has 1 aliphatic heterocycles. The van der Waals surface area contributed by atoms with Gasteiger partial charge in [0.1, 0.15) is 0 Å². The molecule has 2 N–H and O–H groups in total. The van der Waals surface area contributed by atoms with Gasteiger partial charge in [0, 0.05) is 18.6 Å². The number of rotatable bonds is 5. The fourth-order valence-electron chi connectivity index (χ4n) is 2.00. The van der Waals surface area contributed by atoms with E-state index in [-0.39, 0.29) is 11.9 Å². The van der Waals surface area contributed by atoms with Gasteiger partial charge in [-0.1, -0.05) is 6.92 Å². The number of hydrogen-bond acceptors (Lipinski definition) is 3. The number of nitrogens with zero attached hydrogens (tertiary/aromatic N) is 1. The third-order valence-electron chi connectivity index (χ3n) is 2.75. The van der Waals surface area contributed by atoms with Crippen molar-refractivity contribution < 1.29 is 4.79 Å². The first-order valence-corrected chi connectivity index (χ1v) is 5.87. The topological polar surface area (TPSA) is 44.4 Å². The van der Waals surface area contributed by atoms with E-state index in [0.29, 0.717) is 12.6 Å². The number of nitrogens with one attached hydrogen (secondary N) is 2. The van der Waals surface area contributed by atoms with Gasteiger partial charge in [0.05, 0.1) is 6.54 Å². The summed E-state index contributed by atoms with van der Waals surface area (Å²) in [6.45, 7) is 9.66. The van der Waals surface area contributed by atoms with Crippen LogP contribution >= 0.6 is 0 Å². The zero-order valence-electron chi connectivity index (χ0n) is 10.0. The Labute approximate surface area is 92.4 Å². The Morgan fingerprint density at radius 1 is 1.60 bits per heavy atom. The highest BCUT2D eigenvalue weighted by Gasteiger charge is 2.22. The summed E-state index contributed by atoms with van der Waals surface area (Å²) in [7, 11) is 0. The molecule has 0 bridgehead atoms. The van der Waals surface area contributed by atoms with Crippen LogP contribution in [0.25, 0.3) is 0 Å². The molecule has 0 saturated carbocycles. The molecule has 1 rings (SSSR count). The van der Waals surface area contributed by atoms with Crippen LogP contribution < -0.4 is 10.6 Å². The highest BCUT2D eigenvalue weighted by Crippen LogP contribution is 2.07. The van der Waals surface area contributed by atoms with Gasteiger partial charge < -0.3 is 10.6 Å². The molecule has 1 aliphatic rings. The second-order valence-electron chi connectivity index (χ2n) is 4.43. The van der Waals surface area contributed by atoms with Crippen molar-refractivity contribution in [2.45, 2.75) is 39.3 Å². The molecule has 0 aromatic carbocycles. The Bertz CT molecular complexity index is 200. The minimum absolute atomic E-state index is 0.138. The second kappa shape index (κ2) is 6.08. The quantitative estimate of drug-likeness (QED) is 0.685. The molecular weight excluding hydrogens is 190 g/mol. The van der Waals surface area contributed by atoms with Crippen LogP contribution in [0.5, 0.6) is 0 Å². The molecule has 1 unspecified atom stereocenters. The van der Waals surface area contributed by atoms with Crippen molar-refractivity contribution in [2.75, 3.05) is 26.2 Å². The molecule has 15 heavy (non-hydrogen) atoms. The van der Waals surface area contributed by atoms with Crippen LogP contribution in [0.2, 0.25) is 0 Å². The Morgan fingerprint density at radius 2 is 2.33 bits per heavy atom. The molecule has 0 aromatic rings. The van der Waals surface area contributed by atoms with Gasteiger partial charge in [-0.05, 0) is 33.4 Å². The molecule has 4 nitrogen and oxygen atoms in total. The summed E-state index contributed by atoms with van der Waals surface area (Å²) >= 11 is 0. The average Bonchev–Trinajstić information content (AvgIpc) is 2.65. The molecule has 4 heteroatoms. The summed E-state index contributed by atoms with van der Waals surface area (Å²) < 4.78 is 0. The predicted octanol–water partition coefficient (Wildman–Crippen LogP) is 0.195. The fourth-order valence-corrected chi connectivity index (χ4v) is 2.00. The number of carbonyl (C=O) groups is 1. The average molecular weight is 213 g/mol. The van der Waals surface area contributed by atoms with Crippen molar-refractivity contribution in [3.63, 3.8) is 0 Å². The summed E-state index contributed by atoms with van der Waals surface area (Å²) in [4.78, 5) is 13.9. The zero-order valence-corrected chi connectivity index (χ0v) is 10.0. The van der Waals surface area contributed by atoms with Gasteiger partial charge in [0.2, 0.25) is 5.91 Å². The van der Waals surface area contributed by atoms with E-state index in [1.54, 1.807) is 0 Å². The maximum absolute atomic E-state index is 11.6. The summed E-state index contributed by atoms with van der Waals surface area (Å²) in [6.07, 6.45) is 1.16. The molecule has 88 valence electrons. The molecule has 0 spiro atoms. The maximum atomic E-state index is 11.6. The third-order valence-corrected chi connectivity index (χ3v) is 2.75. The van der Waals surface area contributed by atoms with E-state index in [4.69, 9.17) is 0 Å². The van der Waals surface area contributed by atoms with Crippen molar-refractivity contribution >= 4 is 5.91 Å². The molecule has 1 atom stereocenters. The summed E-state index contributed by atoms with van der Waals surface area (Å²) in [5.41, 5.74) is 0. The zero-order chi connectivity index (χ0) is 11.3. The van der Waals surface area contributed by atoms with E-state index < -0.39 is 0 Å². The fraction of sp³-hybridized carbons (Fsp3) is 0.909. The Morgan fingerprint density at radius 3 is 2.80 bits per heavy atom. The van der Waals surface area contributed by atoms with E-state index in [1.807, 2.05) is 13.8 Å². The van der Waals surface area contributed by atoms with Gasteiger partial charge in [0.15, 0.2) is 0 Å². The molecule has 1 heterocycles. The van der Waals surface area contributed by atoms with Crippen molar-refractivity contribution in [3.05, 3.63) is 0 Å². The first kappa shape index (κ1) is 12.5. The molecule has 0 radical (unpaired) electrons. The van der Waals surface area contributed by atoms with Crippen LogP contribution in [0.1, 0.15) is 27.2 Å². The molecule has 1 saturated heterocycles. The van der Waals surface area contributed by atoms with Crippen molar-refractivity contribution in [3.8, 4) is 0 Å². The number of carbonyl (C=O) groups excluding carboxylic acids is 1. The van der Waals surface area contributed by atoms with E-state index in [9.17, 15) is 4.79 Å². The van der Waals surface area contributed by atoms with Crippen molar-refractivity contribution in [1.29, 1.82) is 0 Å². The van der Waals surface area contributed by atoms with Crippen LogP contribution in [-0.2, 0) is 4.79 Å². The van der Waals surface area contributed by atoms with Crippen LogP contribution in [0.3, 0.4) is 0 Å². The number of likely N-dealkylation sites (N-methyl/N-ethyl adjacent to an activating group) is 1. The smallest absolute Gasteiger partial charge is 0.234 e. The van der Waals surface area contributed by atoms with Crippen LogP contribution in [0.4, 0.5) is 0 Å². The van der Waals surface area contributed by atoms with Gasteiger partial charge in [0.25, 0.3) is 0 Å². The van der Waals surface area contributed by atoms with E-state index in [1.165, 1.54) is 0 Å². The van der Waals surface area contributed by atoms with Crippen molar-refractivity contribution in [2.24, 2.45) is 0 Å². The lowest BCUT2D eigenvalue weighted by Crippen LogP contribution is -2.45. The van der Waals surface area contributed by atoms with Gasteiger partial charge in [-0.3, -0.25) is 9.69 Å². The standard InChI is InChI=1S/C11H23N3O/c1-4-14(10-5-6-12-7-10)8-11(15)13-9(2)3/h9-10,12H,4-8H2,1-3H3,(H,13,15). The van der Waals surface area contributed by atoms with Gasteiger partial charge in [-0.15, -0.1) is 0 Å². The summed E-state index contributed by atoms with van der Waals surface area (Å²) in [6, 6.07) is 0.769. The largest absolute Gasteiger partial charge is 0.353 e. The third kappa shape index (κ3) is 4.18. The highest BCUT2D eigenvalue weighted by atomic mass is 16.2. The SMILES string of the molecule is CCN(CC(=O)NC(C)C)C1CCNC1. The van der Waals surface area contributed by atoms with Gasteiger partial charge in [-0.2, -0.15) is 0 Å². The lowest BCUT2D eigenvalue weighted by atomic mass is 10.2. The minimum Gasteiger partial charge on any atom is -0.353 e. The highest BCUT2D eigenvalue weighted by molar-refractivity contribution is 5.78. The van der Waals surface area contributed by atoms with Crippen LogP contribution in [0, 0.1) is 0 Å². The minimum atomic E-state index is 0.138. The Balaban J connectivity index is 2.35. The molecule has 0 aromatic heterocycles. The van der Waals surface area contributed by atoms with E-state index in [0.717, 1.165) is 26.1 Å². The molecule has 1 amide bonds. The first-order chi connectivity index (χ1) is 7.13. The molecule has 0 aliphatic carbocycles. The summed E-state index contributed by atoms with van der Waals surface area (Å²) in [5, 5.41) is 6.26. The maximum Gasteiger partial charge on any atom is 0.234 e. The van der Waals surface area contributed by atoms with Crippen LogP contribution in [0.15, 0.2) is 0 Å².